The van der Waals surface area contributed by atoms with Crippen molar-refractivity contribution < 1.29 is 14.1 Å². The SMILES string of the molecule is CCN(CC)C(=O)C1CC(=O)N(c2cc(C)on2)C1. The first-order valence-corrected chi connectivity index (χ1v) is 6.59. The number of nitrogens with zero attached hydrogens (tertiary/aromatic N) is 3. The molecule has 6 heteroatoms. The summed E-state index contributed by atoms with van der Waals surface area (Å²) in [5.41, 5.74) is 0. The first kappa shape index (κ1) is 13.6. The van der Waals surface area contributed by atoms with Gasteiger partial charge in [-0.1, -0.05) is 5.16 Å². The average molecular weight is 265 g/mol. The molecule has 1 aromatic heterocycles. The van der Waals surface area contributed by atoms with E-state index in [0.29, 0.717) is 31.2 Å². The summed E-state index contributed by atoms with van der Waals surface area (Å²) in [7, 11) is 0. The summed E-state index contributed by atoms with van der Waals surface area (Å²) < 4.78 is 4.97. The fourth-order valence-electron chi connectivity index (χ4n) is 2.37. The van der Waals surface area contributed by atoms with Crippen molar-refractivity contribution >= 4 is 17.6 Å². The minimum Gasteiger partial charge on any atom is -0.360 e. The van der Waals surface area contributed by atoms with Gasteiger partial charge in [0.15, 0.2) is 5.82 Å². The molecule has 1 saturated heterocycles. The molecule has 0 spiro atoms. The van der Waals surface area contributed by atoms with Gasteiger partial charge in [-0.3, -0.25) is 14.5 Å². The predicted molar refractivity (Wildman–Crippen MR) is 69.6 cm³/mol. The summed E-state index contributed by atoms with van der Waals surface area (Å²) in [6, 6.07) is 1.71. The number of aromatic nitrogens is 1. The number of hydrogen-bond donors (Lipinski definition) is 0. The second-order valence-electron chi connectivity index (χ2n) is 4.71. The quantitative estimate of drug-likeness (QED) is 0.820. The Hall–Kier alpha value is -1.85. The second-order valence-corrected chi connectivity index (χ2v) is 4.71. The Morgan fingerprint density at radius 1 is 1.53 bits per heavy atom. The molecule has 0 aliphatic carbocycles. The second kappa shape index (κ2) is 5.42. The van der Waals surface area contributed by atoms with Crippen LogP contribution >= 0.6 is 0 Å². The van der Waals surface area contributed by atoms with Crippen LogP contribution in [0.5, 0.6) is 0 Å². The Kier molecular flexibility index (Phi) is 3.87. The number of carbonyl (C=O) groups is 2. The van der Waals surface area contributed by atoms with Crippen LogP contribution in [0.1, 0.15) is 26.0 Å². The average Bonchev–Trinajstić information content (AvgIpc) is 2.97. The van der Waals surface area contributed by atoms with E-state index in [9.17, 15) is 9.59 Å². The van der Waals surface area contributed by atoms with E-state index < -0.39 is 0 Å². The van der Waals surface area contributed by atoms with Crippen molar-refractivity contribution in [3.8, 4) is 0 Å². The van der Waals surface area contributed by atoms with Crippen LogP contribution in [0.2, 0.25) is 0 Å². The monoisotopic (exact) mass is 265 g/mol. The maximum absolute atomic E-state index is 12.2. The lowest BCUT2D eigenvalue weighted by atomic mass is 10.1. The summed E-state index contributed by atoms with van der Waals surface area (Å²) in [5, 5.41) is 3.83. The van der Waals surface area contributed by atoms with Gasteiger partial charge >= 0.3 is 0 Å². The lowest BCUT2D eigenvalue weighted by Crippen LogP contribution is -2.37. The van der Waals surface area contributed by atoms with Crippen molar-refractivity contribution in [3.63, 3.8) is 0 Å². The Bertz CT molecular complexity index is 479. The molecule has 0 saturated carbocycles. The van der Waals surface area contributed by atoms with E-state index in [1.54, 1.807) is 17.9 Å². The van der Waals surface area contributed by atoms with E-state index in [1.165, 1.54) is 4.90 Å². The highest BCUT2D eigenvalue weighted by Gasteiger charge is 2.37. The highest BCUT2D eigenvalue weighted by Crippen LogP contribution is 2.25. The van der Waals surface area contributed by atoms with Crippen LogP contribution in [-0.4, -0.2) is 41.5 Å². The normalized spacial score (nSPS) is 19.0. The van der Waals surface area contributed by atoms with Gasteiger partial charge in [0.1, 0.15) is 5.76 Å². The number of aryl methyl sites for hydroxylation is 1. The van der Waals surface area contributed by atoms with E-state index in [4.69, 9.17) is 4.52 Å². The minimum absolute atomic E-state index is 0.0427. The Morgan fingerprint density at radius 2 is 2.21 bits per heavy atom. The van der Waals surface area contributed by atoms with Crippen LogP contribution in [0.15, 0.2) is 10.6 Å². The fourth-order valence-corrected chi connectivity index (χ4v) is 2.37. The smallest absolute Gasteiger partial charge is 0.229 e. The molecule has 0 bridgehead atoms. The van der Waals surface area contributed by atoms with Gasteiger partial charge in [-0.05, 0) is 20.8 Å². The van der Waals surface area contributed by atoms with Gasteiger partial charge in [0.05, 0.1) is 5.92 Å². The van der Waals surface area contributed by atoms with Crippen LogP contribution in [0.4, 0.5) is 5.82 Å². The molecule has 0 radical (unpaired) electrons. The zero-order chi connectivity index (χ0) is 14.0. The lowest BCUT2D eigenvalue weighted by molar-refractivity contribution is -0.135. The third-order valence-corrected chi connectivity index (χ3v) is 3.44. The molecule has 19 heavy (non-hydrogen) atoms. The third-order valence-electron chi connectivity index (χ3n) is 3.44. The van der Waals surface area contributed by atoms with Crippen LogP contribution in [-0.2, 0) is 9.59 Å². The molecule has 1 fully saturated rings. The van der Waals surface area contributed by atoms with Gasteiger partial charge in [0, 0.05) is 32.1 Å². The molecule has 6 nitrogen and oxygen atoms in total. The molecule has 1 aliphatic rings. The van der Waals surface area contributed by atoms with E-state index in [2.05, 4.69) is 5.16 Å². The van der Waals surface area contributed by atoms with Crippen molar-refractivity contribution in [1.29, 1.82) is 0 Å². The van der Waals surface area contributed by atoms with Crippen LogP contribution in [0.3, 0.4) is 0 Å². The van der Waals surface area contributed by atoms with Crippen LogP contribution in [0, 0.1) is 12.8 Å². The molecular weight excluding hydrogens is 246 g/mol. The van der Waals surface area contributed by atoms with Gasteiger partial charge in [-0.25, -0.2) is 0 Å². The third kappa shape index (κ3) is 2.62. The Balaban J connectivity index is 2.09. The zero-order valence-electron chi connectivity index (χ0n) is 11.5. The molecule has 1 aliphatic heterocycles. The molecule has 2 amide bonds. The van der Waals surface area contributed by atoms with Crippen LogP contribution in [0.25, 0.3) is 0 Å². The number of anilines is 1. The molecule has 1 aromatic rings. The minimum atomic E-state index is -0.274. The molecule has 2 rings (SSSR count). The Labute approximate surface area is 112 Å². The molecule has 0 N–H and O–H groups in total. The van der Waals surface area contributed by atoms with E-state index >= 15 is 0 Å². The number of hydrogen-bond acceptors (Lipinski definition) is 4. The van der Waals surface area contributed by atoms with Crippen LogP contribution < -0.4 is 4.90 Å². The summed E-state index contributed by atoms with van der Waals surface area (Å²) in [6.45, 7) is 7.38. The molecule has 104 valence electrons. The van der Waals surface area contributed by atoms with Crippen molar-refractivity contribution in [1.82, 2.24) is 10.1 Å². The molecule has 0 aromatic carbocycles. The molecule has 1 atom stereocenters. The highest BCUT2D eigenvalue weighted by atomic mass is 16.5. The summed E-state index contributed by atoms with van der Waals surface area (Å²) in [6.07, 6.45) is 0.251. The van der Waals surface area contributed by atoms with E-state index in [-0.39, 0.29) is 24.2 Å². The summed E-state index contributed by atoms with van der Waals surface area (Å²) in [5.74, 6) is 0.850. The number of carbonyl (C=O) groups excluding carboxylic acids is 2. The van der Waals surface area contributed by atoms with Gasteiger partial charge in [0.2, 0.25) is 11.8 Å². The van der Waals surface area contributed by atoms with Gasteiger partial charge in [-0.15, -0.1) is 0 Å². The molecular formula is C13H19N3O3. The molecule has 1 unspecified atom stereocenters. The maximum atomic E-state index is 12.2. The number of amides is 2. The van der Waals surface area contributed by atoms with Gasteiger partial charge < -0.3 is 9.42 Å². The number of rotatable bonds is 4. The molecule has 2 heterocycles. The predicted octanol–water partition coefficient (Wildman–Crippen LogP) is 1.20. The van der Waals surface area contributed by atoms with Gasteiger partial charge in [0.25, 0.3) is 0 Å². The van der Waals surface area contributed by atoms with Crippen molar-refractivity contribution in [2.75, 3.05) is 24.5 Å². The largest absolute Gasteiger partial charge is 0.360 e. The summed E-state index contributed by atoms with van der Waals surface area (Å²) in [4.78, 5) is 27.5. The topological polar surface area (TPSA) is 66.7 Å². The van der Waals surface area contributed by atoms with Crippen molar-refractivity contribution in [2.24, 2.45) is 5.92 Å². The van der Waals surface area contributed by atoms with E-state index in [1.807, 2.05) is 13.8 Å². The highest BCUT2D eigenvalue weighted by molar-refractivity contribution is 5.99. The van der Waals surface area contributed by atoms with Gasteiger partial charge in [-0.2, -0.15) is 0 Å². The van der Waals surface area contributed by atoms with Crippen molar-refractivity contribution in [2.45, 2.75) is 27.2 Å². The first-order valence-electron chi connectivity index (χ1n) is 6.59. The zero-order valence-corrected chi connectivity index (χ0v) is 11.5. The van der Waals surface area contributed by atoms with Crippen molar-refractivity contribution in [3.05, 3.63) is 11.8 Å². The maximum Gasteiger partial charge on any atom is 0.229 e. The summed E-state index contributed by atoms with van der Waals surface area (Å²) >= 11 is 0. The fraction of sp³-hybridized carbons (Fsp3) is 0.615. The lowest BCUT2D eigenvalue weighted by Gasteiger charge is -2.22. The standard InChI is InChI=1S/C13H19N3O3/c1-4-15(5-2)13(18)10-7-12(17)16(8-10)11-6-9(3)19-14-11/h6,10H,4-5,7-8H2,1-3H3. The first-order chi connectivity index (χ1) is 9.06. The van der Waals surface area contributed by atoms with E-state index in [0.717, 1.165) is 0 Å². The Morgan fingerprint density at radius 3 is 2.74 bits per heavy atom.